The molecular weight excluding hydrogens is 252 g/mol. The number of rotatable bonds is 2. The minimum absolute atomic E-state index is 0.00345. The first kappa shape index (κ1) is 15.3. The van der Waals surface area contributed by atoms with Crippen LogP contribution < -0.4 is 5.32 Å². The molecule has 1 heterocycles. The maximum absolute atomic E-state index is 12.8. The van der Waals surface area contributed by atoms with Gasteiger partial charge in [0.15, 0.2) is 0 Å². The molecule has 1 saturated heterocycles. The van der Waals surface area contributed by atoms with E-state index in [1.54, 1.807) is 4.90 Å². The minimum Gasteiger partial charge on any atom is -0.342 e. The first-order valence-corrected chi connectivity index (χ1v) is 7.90. The summed E-state index contributed by atoms with van der Waals surface area (Å²) in [6.07, 6.45) is 5.74. The van der Waals surface area contributed by atoms with E-state index < -0.39 is 0 Å². The molecule has 0 aromatic heterocycles. The van der Waals surface area contributed by atoms with Crippen molar-refractivity contribution in [2.75, 3.05) is 6.54 Å². The number of carbonyl (C=O) groups excluding carboxylic acids is 2. The average molecular weight is 280 g/mol. The molecule has 0 radical (unpaired) electrons. The van der Waals surface area contributed by atoms with Gasteiger partial charge < -0.3 is 10.2 Å². The summed E-state index contributed by atoms with van der Waals surface area (Å²) in [5.41, 5.74) is -0.00953. The first-order chi connectivity index (χ1) is 9.30. The molecule has 0 spiro atoms. The fraction of sp³-hybridized carbons (Fsp3) is 0.875. The van der Waals surface area contributed by atoms with Crippen LogP contribution in [-0.2, 0) is 9.59 Å². The van der Waals surface area contributed by atoms with E-state index in [1.165, 1.54) is 19.3 Å². The van der Waals surface area contributed by atoms with E-state index in [9.17, 15) is 9.59 Å². The number of amides is 2. The Bertz CT molecular complexity index is 380. The van der Waals surface area contributed by atoms with Gasteiger partial charge in [0, 0.05) is 6.04 Å². The van der Waals surface area contributed by atoms with Crippen LogP contribution in [-0.4, -0.2) is 35.3 Å². The SMILES string of the molecule is CC(N1CC(=O)NC(C2CCCCC2)C1=O)C(C)(C)C. The summed E-state index contributed by atoms with van der Waals surface area (Å²) in [4.78, 5) is 26.6. The second-order valence-corrected chi connectivity index (χ2v) is 7.45. The molecule has 2 rings (SSSR count). The van der Waals surface area contributed by atoms with Crippen LogP contribution in [0.3, 0.4) is 0 Å². The summed E-state index contributed by atoms with van der Waals surface area (Å²) >= 11 is 0. The highest BCUT2D eigenvalue weighted by Crippen LogP contribution is 2.31. The third-order valence-corrected chi connectivity index (χ3v) is 5.02. The molecule has 2 amide bonds. The topological polar surface area (TPSA) is 49.4 Å². The molecule has 2 fully saturated rings. The quantitative estimate of drug-likeness (QED) is 0.844. The van der Waals surface area contributed by atoms with Crippen LogP contribution in [0.1, 0.15) is 59.8 Å². The number of nitrogens with zero attached hydrogens (tertiary/aromatic N) is 1. The molecule has 20 heavy (non-hydrogen) atoms. The molecule has 1 aliphatic carbocycles. The summed E-state index contributed by atoms with van der Waals surface area (Å²) in [6.45, 7) is 8.61. The third kappa shape index (κ3) is 3.15. The lowest BCUT2D eigenvalue weighted by Gasteiger charge is -2.44. The summed E-state index contributed by atoms with van der Waals surface area (Å²) in [6, 6.07) is -0.214. The van der Waals surface area contributed by atoms with Gasteiger partial charge in [-0.1, -0.05) is 40.0 Å². The van der Waals surface area contributed by atoms with E-state index in [0.29, 0.717) is 5.92 Å². The lowest BCUT2D eigenvalue weighted by atomic mass is 9.81. The van der Waals surface area contributed by atoms with Crippen molar-refractivity contribution in [2.45, 2.75) is 71.9 Å². The Morgan fingerprint density at radius 3 is 2.30 bits per heavy atom. The average Bonchev–Trinajstić information content (AvgIpc) is 2.40. The van der Waals surface area contributed by atoms with Crippen molar-refractivity contribution in [1.82, 2.24) is 10.2 Å². The van der Waals surface area contributed by atoms with Gasteiger partial charge in [0.2, 0.25) is 11.8 Å². The molecule has 1 N–H and O–H groups in total. The summed E-state index contributed by atoms with van der Waals surface area (Å²) in [5, 5.41) is 2.94. The second kappa shape index (κ2) is 5.74. The van der Waals surface area contributed by atoms with Crippen LogP contribution in [0.4, 0.5) is 0 Å². The Labute approximate surface area is 122 Å². The standard InChI is InChI=1S/C16H28N2O2/c1-11(16(2,3)4)18-10-13(19)17-14(15(18)20)12-8-6-5-7-9-12/h11-12,14H,5-10H2,1-4H3,(H,17,19). The van der Waals surface area contributed by atoms with Gasteiger partial charge in [-0.15, -0.1) is 0 Å². The zero-order valence-electron chi connectivity index (χ0n) is 13.2. The molecular formula is C16H28N2O2. The van der Waals surface area contributed by atoms with Crippen molar-refractivity contribution in [3.8, 4) is 0 Å². The number of carbonyl (C=O) groups is 2. The van der Waals surface area contributed by atoms with Gasteiger partial charge in [-0.25, -0.2) is 0 Å². The van der Waals surface area contributed by atoms with Crippen LogP contribution in [0.2, 0.25) is 0 Å². The number of nitrogens with one attached hydrogen (secondary N) is 1. The van der Waals surface area contributed by atoms with E-state index >= 15 is 0 Å². The highest BCUT2D eigenvalue weighted by Gasteiger charge is 2.41. The molecule has 0 aromatic carbocycles. The Balaban J connectivity index is 2.14. The van der Waals surface area contributed by atoms with Crippen molar-refractivity contribution < 1.29 is 9.59 Å². The van der Waals surface area contributed by atoms with E-state index in [-0.39, 0.29) is 35.9 Å². The maximum atomic E-state index is 12.8. The monoisotopic (exact) mass is 280 g/mol. The van der Waals surface area contributed by atoms with Gasteiger partial charge in [-0.05, 0) is 31.1 Å². The highest BCUT2D eigenvalue weighted by atomic mass is 16.2. The van der Waals surface area contributed by atoms with Crippen molar-refractivity contribution >= 4 is 11.8 Å². The van der Waals surface area contributed by atoms with Crippen LogP contribution in [0.25, 0.3) is 0 Å². The summed E-state index contributed by atoms with van der Waals surface area (Å²) in [5.74, 6) is 0.449. The van der Waals surface area contributed by atoms with Gasteiger partial charge >= 0.3 is 0 Å². The Morgan fingerprint density at radius 1 is 1.15 bits per heavy atom. The number of piperazine rings is 1. The van der Waals surface area contributed by atoms with Gasteiger partial charge in [-0.2, -0.15) is 0 Å². The fourth-order valence-electron chi connectivity index (χ4n) is 3.27. The Morgan fingerprint density at radius 2 is 1.75 bits per heavy atom. The van der Waals surface area contributed by atoms with E-state index in [1.807, 2.05) is 0 Å². The van der Waals surface area contributed by atoms with Gasteiger partial charge in [-0.3, -0.25) is 9.59 Å². The second-order valence-electron chi connectivity index (χ2n) is 7.45. The molecule has 2 unspecified atom stereocenters. The van der Waals surface area contributed by atoms with E-state index in [2.05, 4.69) is 33.0 Å². The third-order valence-electron chi connectivity index (χ3n) is 5.02. The molecule has 2 atom stereocenters. The largest absolute Gasteiger partial charge is 0.342 e. The molecule has 114 valence electrons. The van der Waals surface area contributed by atoms with Gasteiger partial charge in [0.25, 0.3) is 0 Å². The maximum Gasteiger partial charge on any atom is 0.246 e. The predicted molar refractivity (Wildman–Crippen MR) is 79.1 cm³/mol. The van der Waals surface area contributed by atoms with Crippen molar-refractivity contribution in [3.63, 3.8) is 0 Å². The molecule has 0 bridgehead atoms. The first-order valence-electron chi connectivity index (χ1n) is 7.90. The summed E-state index contributed by atoms with van der Waals surface area (Å²) < 4.78 is 0. The van der Waals surface area contributed by atoms with E-state index in [4.69, 9.17) is 0 Å². The Kier molecular flexibility index (Phi) is 4.40. The molecule has 1 aliphatic heterocycles. The molecule has 0 aromatic rings. The zero-order chi connectivity index (χ0) is 14.9. The van der Waals surface area contributed by atoms with Crippen molar-refractivity contribution in [3.05, 3.63) is 0 Å². The minimum atomic E-state index is -0.290. The van der Waals surface area contributed by atoms with Crippen LogP contribution in [0.15, 0.2) is 0 Å². The smallest absolute Gasteiger partial charge is 0.246 e. The zero-order valence-corrected chi connectivity index (χ0v) is 13.2. The van der Waals surface area contributed by atoms with Gasteiger partial charge in [0.1, 0.15) is 6.04 Å². The fourth-order valence-corrected chi connectivity index (χ4v) is 3.27. The molecule has 1 saturated carbocycles. The molecule has 4 heteroatoms. The van der Waals surface area contributed by atoms with Crippen molar-refractivity contribution in [1.29, 1.82) is 0 Å². The van der Waals surface area contributed by atoms with Gasteiger partial charge in [0.05, 0.1) is 6.54 Å². The lowest BCUT2D eigenvalue weighted by Crippen LogP contribution is -2.64. The van der Waals surface area contributed by atoms with Crippen LogP contribution in [0.5, 0.6) is 0 Å². The van der Waals surface area contributed by atoms with Crippen molar-refractivity contribution in [2.24, 2.45) is 11.3 Å². The summed E-state index contributed by atoms with van der Waals surface area (Å²) in [7, 11) is 0. The molecule has 2 aliphatic rings. The number of hydrogen-bond donors (Lipinski definition) is 1. The number of hydrogen-bond acceptors (Lipinski definition) is 2. The molecule has 4 nitrogen and oxygen atoms in total. The highest BCUT2D eigenvalue weighted by molar-refractivity contribution is 5.95. The normalized spacial score (nSPS) is 27.4. The lowest BCUT2D eigenvalue weighted by molar-refractivity contribution is -0.150. The Hall–Kier alpha value is -1.06. The predicted octanol–water partition coefficient (Wildman–Crippen LogP) is 2.33. The van der Waals surface area contributed by atoms with Crippen LogP contribution in [0, 0.1) is 11.3 Å². The van der Waals surface area contributed by atoms with E-state index in [0.717, 1.165) is 12.8 Å². The van der Waals surface area contributed by atoms with Crippen LogP contribution >= 0.6 is 0 Å².